The summed E-state index contributed by atoms with van der Waals surface area (Å²) < 4.78 is 0. The number of nitrogens with one attached hydrogen (secondary N) is 2. The van der Waals surface area contributed by atoms with Crippen molar-refractivity contribution in [1.82, 2.24) is 20.5 Å². The van der Waals surface area contributed by atoms with Crippen LogP contribution in [0.3, 0.4) is 0 Å². The molecule has 2 unspecified atom stereocenters. The van der Waals surface area contributed by atoms with Crippen molar-refractivity contribution in [1.29, 1.82) is 0 Å². The van der Waals surface area contributed by atoms with Gasteiger partial charge in [-0.1, -0.05) is 6.07 Å². The van der Waals surface area contributed by atoms with Gasteiger partial charge in [0.2, 0.25) is 11.8 Å². The molecule has 1 aliphatic rings. The number of amides is 2. The average Bonchev–Trinajstić information content (AvgIpc) is 3.26. The fraction of sp³-hybridized carbons (Fsp3) is 0.533. The number of carbonyl (C=O) groups is 2. The molecular weight excluding hydrogens is 268 g/mol. The topological polar surface area (TPSA) is 74.3 Å². The fourth-order valence-corrected chi connectivity index (χ4v) is 2.13. The Kier molecular flexibility index (Phi) is 5.27. The number of hydrogen-bond acceptors (Lipinski definition) is 4. The van der Waals surface area contributed by atoms with E-state index in [1.165, 1.54) is 0 Å². The molecule has 2 atom stereocenters. The largest absolute Gasteiger partial charge is 0.355 e. The monoisotopic (exact) mass is 290 g/mol. The highest BCUT2D eigenvalue weighted by molar-refractivity contribution is 5.92. The summed E-state index contributed by atoms with van der Waals surface area (Å²) in [5.41, 5.74) is 0.957. The molecular formula is C15H22N4O2. The number of nitrogens with zero attached hydrogens (tertiary/aromatic N) is 2. The first-order valence-corrected chi connectivity index (χ1v) is 7.17. The molecule has 0 bridgehead atoms. The van der Waals surface area contributed by atoms with Gasteiger partial charge in [0.05, 0.1) is 11.8 Å². The summed E-state index contributed by atoms with van der Waals surface area (Å²) in [5, 5.41) is 5.72. The van der Waals surface area contributed by atoms with Crippen molar-refractivity contribution in [2.45, 2.75) is 13.0 Å². The lowest BCUT2D eigenvalue weighted by Gasteiger charge is -2.10. The number of aromatic nitrogens is 1. The first-order chi connectivity index (χ1) is 10.1. The van der Waals surface area contributed by atoms with Crippen molar-refractivity contribution >= 4 is 11.8 Å². The van der Waals surface area contributed by atoms with Crippen molar-refractivity contribution in [3.8, 4) is 0 Å². The highest BCUT2D eigenvalue weighted by Crippen LogP contribution is 2.38. The summed E-state index contributed by atoms with van der Waals surface area (Å²) in [5.74, 6) is -0.410. The normalized spacial score (nSPS) is 20.1. The first-order valence-electron chi connectivity index (χ1n) is 7.17. The first kappa shape index (κ1) is 15.4. The Balaban J connectivity index is 1.67. The maximum Gasteiger partial charge on any atom is 0.224 e. The van der Waals surface area contributed by atoms with Gasteiger partial charge in [-0.25, -0.2) is 0 Å². The van der Waals surface area contributed by atoms with Crippen LogP contribution in [0.2, 0.25) is 0 Å². The molecule has 2 N–H and O–H groups in total. The number of rotatable bonds is 7. The zero-order valence-electron chi connectivity index (χ0n) is 12.5. The molecule has 114 valence electrons. The zero-order valence-corrected chi connectivity index (χ0v) is 12.5. The molecule has 1 heterocycles. The molecule has 0 saturated heterocycles. The molecule has 1 aromatic rings. The van der Waals surface area contributed by atoms with E-state index < -0.39 is 0 Å². The second-order valence-corrected chi connectivity index (χ2v) is 5.62. The van der Waals surface area contributed by atoms with E-state index in [2.05, 4.69) is 15.6 Å². The van der Waals surface area contributed by atoms with E-state index in [1.807, 2.05) is 31.1 Å². The third kappa shape index (κ3) is 4.82. The van der Waals surface area contributed by atoms with E-state index >= 15 is 0 Å². The molecule has 0 radical (unpaired) electrons. The van der Waals surface area contributed by atoms with Gasteiger partial charge >= 0.3 is 0 Å². The summed E-state index contributed by atoms with van der Waals surface area (Å²) in [6, 6.07) is 3.74. The minimum atomic E-state index is -0.180. The molecule has 1 aliphatic carbocycles. The standard InChI is InChI=1S/C15H22N4O2/c1-19(2)7-6-17-14(20)12-8-13(12)15(21)18-10-11-4-3-5-16-9-11/h3-5,9,12-13H,6-8,10H2,1-2H3,(H,17,20)(H,18,21). The minimum absolute atomic E-state index is 0.0154. The van der Waals surface area contributed by atoms with Gasteiger partial charge in [-0.3, -0.25) is 14.6 Å². The SMILES string of the molecule is CN(C)CCNC(=O)C1CC1C(=O)NCc1cccnc1. The maximum absolute atomic E-state index is 12.0. The third-order valence-corrected chi connectivity index (χ3v) is 3.51. The molecule has 0 spiro atoms. The Labute approximate surface area is 124 Å². The Bertz CT molecular complexity index is 490. The molecule has 1 fully saturated rings. The lowest BCUT2D eigenvalue weighted by atomic mass is 10.2. The van der Waals surface area contributed by atoms with Crippen LogP contribution in [-0.2, 0) is 16.1 Å². The number of carbonyl (C=O) groups excluding carboxylic acids is 2. The average molecular weight is 290 g/mol. The second-order valence-electron chi connectivity index (χ2n) is 5.62. The highest BCUT2D eigenvalue weighted by Gasteiger charge is 2.47. The van der Waals surface area contributed by atoms with Crippen molar-refractivity contribution < 1.29 is 9.59 Å². The Morgan fingerprint density at radius 3 is 2.62 bits per heavy atom. The summed E-state index contributed by atoms with van der Waals surface area (Å²) in [4.78, 5) is 29.8. The number of likely N-dealkylation sites (N-methyl/N-ethyl adjacent to an activating group) is 1. The van der Waals surface area contributed by atoms with Gasteiger partial charge in [-0.2, -0.15) is 0 Å². The molecule has 6 heteroatoms. The van der Waals surface area contributed by atoms with Crippen LogP contribution in [0.25, 0.3) is 0 Å². The van der Waals surface area contributed by atoms with Crippen molar-refractivity contribution in [2.24, 2.45) is 11.8 Å². The summed E-state index contributed by atoms with van der Waals surface area (Å²) >= 11 is 0. The quantitative estimate of drug-likeness (QED) is 0.742. The summed E-state index contributed by atoms with van der Waals surface area (Å²) in [6.07, 6.45) is 4.06. The van der Waals surface area contributed by atoms with Crippen LogP contribution in [-0.4, -0.2) is 48.9 Å². The van der Waals surface area contributed by atoms with Crippen LogP contribution in [0.15, 0.2) is 24.5 Å². The maximum atomic E-state index is 12.0. The van der Waals surface area contributed by atoms with Crippen molar-refractivity contribution in [2.75, 3.05) is 27.2 Å². The number of hydrogen-bond donors (Lipinski definition) is 2. The summed E-state index contributed by atoms with van der Waals surface area (Å²) in [7, 11) is 3.91. The third-order valence-electron chi connectivity index (χ3n) is 3.51. The van der Waals surface area contributed by atoms with Gasteiger partial charge < -0.3 is 15.5 Å². The van der Waals surface area contributed by atoms with Gasteiger partial charge in [0.1, 0.15) is 0 Å². The van der Waals surface area contributed by atoms with E-state index in [4.69, 9.17) is 0 Å². The Morgan fingerprint density at radius 2 is 2.00 bits per heavy atom. The van der Waals surface area contributed by atoms with Gasteiger partial charge in [0.25, 0.3) is 0 Å². The van der Waals surface area contributed by atoms with Gasteiger partial charge in [0, 0.05) is 32.0 Å². The van der Waals surface area contributed by atoms with Crippen LogP contribution in [0.4, 0.5) is 0 Å². The van der Waals surface area contributed by atoms with E-state index in [0.717, 1.165) is 12.1 Å². The molecule has 0 aromatic carbocycles. The van der Waals surface area contributed by atoms with Crippen LogP contribution in [0.1, 0.15) is 12.0 Å². The van der Waals surface area contributed by atoms with E-state index in [9.17, 15) is 9.59 Å². The molecule has 6 nitrogen and oxygen atoms in total. The second kappa shape index (κ2) is 7.17. The molecule has 2 amide bonds. The number of pyridine rings is 1. The lowest BCUT2D eigenvalue weighted by Crippen LogP contribution is -2.34. The Hall–Kier alpha value is -1.95. The van der Waals surface area contributed by atoms with Gasteiger partial charge in [0.15, 0.2) is 0 Å². The Morgan fingerprint density at radius 1 is 1.29 bits per heavy atom. The zero-order chi connectivity index (χ0) is 15.2. The molecule has 21 heavy (non-hydrogen) atoms. The lowest BCUT2D eigenvalue weighted by molar-refractivity contribution is -0.127. The minimum Gasteiger partial charge on any atom is -0.355 e. The van der Waals surface area contributed by atoms with Crippen LogP contribution >= 0.6 is 0 Å². The predicted molar refractivity (Wildman–Crippen MR) is 79.2 cm³/mol. The predicted octanol–water partition coefficient (Wildman–Crippen LogP) is 0.0117. The van der Waals surface area contributed by atoms with E-state index in [1.54, 1.807) is 12.4 Å². The van der Waals surface area contributed by atoms with Crippen LogP contribution < -0.4 is 10.6 Å². The van der Waals surface area contributed by atoms with E-state index in [-0.39, 0.29) is 23.7 Å². The fourth-order valence-electron chi connectivity index (χ4n) is 2.13. The highest BCUT2D eigenvalue weighted by atomic mass is 16.2. The van der Waals surface area contributed by atoms with Crippen molar-refractivity contribution in [3.63, 3.8) is 0 Å². The molecule has 2 rings (SSSR count). The van der Waals surface area contributed by atoms with Gasteiger partial charge in [-0.15, -0.1) is 0 Å². The van der Waals surface area contributed by atoms with Crippen LogP contribution in [0, 0.1) is 11.8 Å². The van der Waals surface area contributed by atoms with Crippen LogP contribution in [0.5, 0.6) is 0 Å². The molecule has 1 saturated carbocycles. The summed E-state index contributed by atoms with van der Waals surface area (Å²) in [6.45, 7) is 1.88. The van der Waals surface area contributed by atoms with E-state index in [0.29, 0.717) is 19.5 Å². The van der Waals surface area contributed by atoms with Crippen molar-refractivity contribution in [3.05, 3.63) is 30.1 Å². The molecule has 0 aliphatic heterocycles. The smallest absolute Gasteiger partial charge is 0.224 e. The molecule has 1 aromatic heterocycles. The van der Waals surface area contributed by atoms with Gasteiger partial charge in [-0.05, 0) is 32.1 Å².